The van der Waals surface area contributed by atoms with Crippen LogP contribution in [0.4, 0.5) is 5.69 Å². The number of rotatable bonds is 7. The molecule has 2 aromatic carbocycles. The topological polar surface area (TPSA) is 54.0 Å². The van der Waals surface area contributed by atoms with E-state index in [2.05, 4.69) is 38.0 Å². The van der Waals surface area contributed by atoms with Crippen molar-refractivity contribution in [2.75, 3.05) is 51.8 Å². The number of halogens is 1. The molecule has 1 aliphatic heterocycles. The first-order valence-electron chi connectivity index (χ1n) is 11.1. The zero-order chi connectivity index (χ0) is 24.1. The summed E-state index contributed by atoms with van der Waals surface area (Å²) >= 11 is 9.34. The van der Waals surface area contributed by atoms with Gasteiger partial charge in [0.25, 0.3) is 5.91 Å². The van der Waals surface area contributed by atoms with Crippen molar-refractivity contribution in [2.45, 2.75) is 27.7 Å². The van der Waals surface area contributed by atoms with E-state index in [0.29, 0.717) is 16.0 Å². The highest BCUT2D eigenvalue weighted by molar-refractivity contribution is 9.10. The van der Waals surface area contributed by atoms with Crippen molar-refractivity contribution in [2.24, 2.45) is 0 Å². The highest BCUT2D eigenvalue weighted by Gasteiger charge is 2.21. The number of hydrogen-bond donors (Lipinski definition) is 1. The number of benzene rings is 2. The van der Waals surface area contributed by atoms with Gasteiger partial charge >= 0.3 is 0 Å². The molecule has 178 valence electrons. The maximum atomic E-state index is 12.6. The van der Waals surface area contributed by atoms with Crippen LogP contribution in [0.1, 0.15) is 29.2 Å². The number of carbonyl (C=O) groups excluding carboxylic acids is 1. The number of amides is 1. The van der Waals surface area contributed by atoms with Gasteiger partial charge in [-0.3, -0.25) is 4.79 Å². The molecule has 1 saturated heterocycles. The standard InChI is InChI=1S/C25H32BrN3O3S/c1-6-28-7-9-29(10-8-28)25(33)19-13-20(26)24(21(14-19)31-5)32-15-22(30)27-23-17(3)11-16(2)12-18(23)4/h11-14H,6-10,15H2,1-5H3,(H,27,30). The third kappa shape index (κ3) is 6.25. The van der Waals surface area contributed by atoms with Crippen LogP contribution in [-0.4, -0.2) is 67.1 Å². The fourth-order valence-corrected chi connectivity index (χ4v) is 4.98. The number of anilines is 1. The van der Waals surface area contributed by atoms with E-state index in [1.807, 2.05) is 45.0 Å². The number of likely N-dealkylation sites (N-methyl/N-ethyl adjacent to an activating group) is 1. The van der Waals surface area contributed by atoms with E-state index in [0.717, 1.165) is 65.7 Å². The van der Waals surface area contributed by atoms with Gasteiger partial charge in [-0.25, -0.2) is 0 Å². The predicted octanol–water partition coefficient (Wildman–Crippen LogP) is 4.71. The molecular formula is C25H32BrN3O3S. The minimum atomic E-state index is -0.229. The molecule has 1 fully saturated rings. The zero-order valence-electron chi connectivity index (χ0n) is 20.0. The van der Waals surface area contributed by atoms with Gasteiger partial charge in [0.05, 0.1) is 11.6 Å². The quantitative estimate of drug-likeness (QED) is 0.520. The summed E-state index contributed by atoms with van der Waals surface area (Å²) in [5.41, 5.74) is 4.93. The summed E-state index contributed by atoms with van der Waals surface area (Å²) in [7, 11) is 1.58. The van der Waals surface area contributed by atoms with Crippen molar-refractivity contribution in [3.05, 3.63) is 51.0 Å². The van der Waals surface area contributed by atoms with Gasteiger partial charge in [-0.15, -0.1) is 0 Å². The van der Waals surface area contributed by atoms with E-state index < -0.39 is 0 Å². The fraction of sp³-hybridized carbons (Fsp3) is 0.440. The molecule has 1 aliphatic rings. The van der Waals surface area contributed by atoms with Crippen LogP contribution in [0.3, 0.4) is 0 Å². The molecule has 1 amide bonds. The summed E-state index contributed by atoms with van der Waals surface area (Å²) in [6.45, 7) is 12.9. The van der Waals surface area contributed by atoms with Crippen molar-refractivity contribution in [1.82, 2.24) is 9.80 Å². The number of aryl methyl sites for hydroxylation is 3. The van der Waals surface area contributed by atoms with E-state index in [1.165, 1.54) is 0 Å². The smallest absolute Gasteiger partial charge is 0.262 e. The Morgan fingerprint density at radius 2 is 1.73 bits per heavy atom. The number of nitrogens with one attached hydrogen (secondary N) is 1. The SMILES string of the molecule is CCN1CCN(C(=S)c2cc(Br)c(OCC(=O)Nc3c(C)cc(C)cc3C)c(OC)c2)CC1. The van der Waals surface area contributed by atoms with Gasteiger partial charge in [-0.2, -0.15) is 0 Å². The Hall–Kier alpha value is -2.16. The lowest BCUT2D eigenvalue weighted by Crippen LogP contribution is -2.48. The van der Waals surface area contributed by atoms with Gasteiger partial charge in [0, 0.05) is 37.4 Å². The Labute approximate surface area is 210 Å². The molecule has 0 unspecified atom stereocenters. The van der Waals surface area contributed by atoms with Crippen LogP contribution in [0.15, 0.2) is 28.7 Å². The van der Waals surface area contributed by atoms with Crippen molar-refractivity contribution >= 4 is 44.7 Å². The number of carbonyl (C=O) groups is 1. The lowest BCUT2D eigenvalue weighted by atomic mass is 10.1. The number of ether oxygens (including phenoxy) is 2. The Bertz CT molecular complexity index is 1010. The fourth-order valence-electron chi connectivity index (χ4n) is 4.12. The Morgan fingerprint density at radius 1 is 1.09 bits per heavy atom. The first-order valence-corrected chi connectivity index (χ1v) is 12.3. The number of hydrogen-bond acceptors (Lipinski definition) is 5. The van der Waals surface area contributed by atoms with Crippen LogP contribution in [0.5, 0.6) is 11.5 Å². The molecule has 2 aromatic rings. The summed E-state index contributed by atoms with van der Waals surface area (Å²) in [6.07, 6.45) is 0. The molecule has 0 aliphatic carbocycles. The van der Waals surface area contributed by atoms with Gasteiger partial charge in [0.2, 0.25) is 0 Å². The average Bonchev–Trinajstić information content (AvgIpc) is 2.79. The van der Waals surface area contributed by atoms with E-state index in [1.54, 1.807) is 7.11 Å². The number of thiocarbonyl (C=S) groups is 1. The van der Waals surface area contributed by atoms with E-state index >= 15 is 0 Å². The van der Waals surface area contributed by atoms with Crippen molar-refractivity contribution in [1.29, 1.82) is 0 Å². The minimum Gasteiger partial charge on any atom is -0.493 e. The normalized spacial score (nSPS) is 14.2. The van der Waals surface area contributed by atoms with Crippen LogP contribution in [0.25, 0.3) is 0 Å². The summed E-state index contributed by atoms with van der Waals surface area (Å²) < 4.78 is 12.1. The molecule has 0 bridgehead atoms. The van der Waals surface area contributed by atoms with Gasteiger partial charge in [-0.1, -0.05) is 36.8 Å². The van der Waals surface area contributed by atoms with E-state index in [4.69, 9.17) is 21.7 Å². The first-order chi connectivity index (χ1) is 15.7. The highest BCUT2D eigenvalue weighted by Crippen LogP contribution is 2.37. The van der Waals surface area contributed by atoms with Crippen LogP contribution in [-0.2, 0) is 4.79 Å². The van der Waals surface area contributed by atoms with Crippen molar-refractivity contribution in [3.8, 4) is 11.5 Å². The van der Waals surface area contributed by atoms with E-state index in [9.17, 15) is 4.79 Å². The summed E-state index contributed by atoms with van der Waals surface area (Å²) in [5.74, 6) is 0.782. The summed E-state index contributed by atoms with van der Waals surface area (Å²) in [4.78, 5) is 18.0. The van der Waals surface area contributed by atoms with Gasteiger partial charge in [0.15, 0.2) is 18.1 Å². The Balaban J connectivity index is 1.69. The van der Waals surface area contributed by atoms with Gasteiger partial charge in [-0.05, 0) is 66.5 Å². The maximum absolute atomic E-state index is 12.6. The number of nitrogens with zero attached hydrogens (tertiary/aromatic N) is 2. The second-order valence-electron chi connectivity index (χ2n) is 8.33. The first kappa shape index (κ1) is 25.5. The molecule has 1 N–H and O–H groups in total. The molecule has 3 rings (SSSR count). The molecule has 0 radical (unpaired) electrons. The van der Waals surface area contributed by atoms with Crippen LogP contribution < -0.4 is 14.8 Å². The molecule has 0 saturated carbocycles. The third-order valence-corrected chi connectivity index (χ3v) is 6.96. The lowest BCUT2D eigenvalue weighted by molar-refractivity contribution is -0.118. The molecule has 0 spiro atoms. The van der Waals surface area contributed by atoms with Crippen molar-refractivity contribution < 1.29 is 14.3 Å². The number of methoxy groups -OCH3 is 1. The van der Waals surface area contributed by atoms with Crippen LogP contribution >= 0.6 is 28.1 Å². The maximum Gasteiger partial charge on any atom is 0.262 e. The Kier molecular flexibility index (Phi) is 8.73. The molecule has 8 heteroatoms. The second-order valence-corrected chi connectivity index (χ2v) is 9.57. The third-order valence-electron chi connectivity index (χ3n) is 5.87. The van der Waals surface area contributed by atoms with Gasteiger partial charge < -0.3 is 24.6 Å². The molecule has 33 heavy (non-hydrogen) atoms. The second kappa shape index (κ2) is 11.3. The molecule has 0 aromatic heterocycles. The monoisotopic (exact) mass is 533 g/mol. The van der Waals surface area contributed by atoms with Crippen LogP contribution in [0, 0.1) is 20.8 Å². The van der Waals surface area contributed by atoms with Crippen LogP contribution in [0.2, 0.25) is 0 Å². The van der Waals surface area contributed by atoms with Crippen molar-refractivity contribution in [3.63, 3.8) is 0 Å². The average molecular weight is 535 g/mol. The van der Waals surface area contributed by atoms with Gasteiger partial charge in [0.1, 0.15) is 4.99 Å². The minimum absolute atomic E-state index is 0.134. The molecule has 0 atom stereocenters. The highest BCUT2D eigenvalue weighted by atomic mass is 79.9. The largest absolute Gasteiger partial charge is 0.493 e. The zero-order valence-corrected chi connectivity index (χ0v) is 22.4. The Morgan fingerprint density at radius 3 is 2.30 bits per heavy atom. The van der Waals surface area contributed by atoms with E-state index in [-0.39, 0.29) is 12.5 Å². The lowest BCUT2D eigenvalue weighted by Gasteiger charge is -2.35. The molecule has 6 nitrogen and oxygen atoms in total. The summed E-state index contributed by atoms with van der Waals surface area (Å²) in [5, 5.41) is 2.96. The molecule has 1 heterocycles. The summed E-state index contributed by atoms with van der Waals surface area (Å²) in [6, 6.07) is 7.90. The number of piperazine rings is 1. The molecular weight excluding hydrogens is 502 g/mol. The predicted molar refractivity (Wildman–Crippen MR) is 141 cm³/mol.